The quantitative estimate of drug-likeness (QED) is 0.747. The highest BCUT2D eigenvalue weighted by atomic mass is 16.5. The molecule has 2 N–H and O–H groups in total. The van der Waals surface area contributed by atoms with E-state index < -0.39 is 0 Å². The summed E-state index contributed by atoms with van der Waals surface area (Å²) in [6, 6.07) is 9.47. The zero-order valence-electron chi connectivity index (χ0n) is 11.1. The van der Waals surface area contributed by atoms with Gasteiger partial charge in [-0.15, -0.1) is 0 Å². The van der Waals surface area contributed by atoms with Crippen molar-refractivity contribution in [3.8, 4) is 0 Å². The van der Waals surface area contributed by atoms with Crippen LogP contribution in [0.1, 0.15) is 24.4 Å². The summed E-state index contributed by atoms with van der Waals surface area (Å²) in [5.41, 5.74) is 7.01. The van der Waals surface area contributed by atoms with E-state index in [0.717, 1.165) is 12.0 Å². The van der Waals surface area contributed by atoms with Gasteiger partial charge in [0, 0.05) is 39.8 Å². The number of rotatable bonds is 7. The fourth-order valence-corrected chi connectivity index (χ4v) is 1.73. The van der Waals surface area contributed by atoms with Crippen LogP contribution in [0.5, 0.6) is 0 Å². The molecule has 0 radical (unpaired) electrons. The molecule has 0 saturated carbocycles. The lowest BCUT2D eigenvalue weighted by Crippen LogP contribution is -2.31. The fourth-order valence-electron chi connectivity index (χ4n) is 1.73. The molecule has 1 atom stereocenters. The Hall–Kier alpha value is -1.39. The van der Waals surface area contributed by atoms with Crippen molar-refractivity contribution in [3.63, 3.8) is 0 Å². The summed E-state index contributed by atoms with van der Waals surface area (Å²) in [4.78, 5) is 13.6. The molecule has 0 aliphatic carbocycles. The van der Waals surface area contributed by atoms with E-state index in [9.17, 15) is 4.79 Å². The van der Waals surface area contributed by atoms with Crippen molar-refractivity contribution in [2.75, 3.05) is 27.3 Å². The Morgan fingerprint density at radius 2 is 2.06 bits per heavy atom. The fraction of sp³-hybridized carbons (Fsp3) is 0.500. The van der Waals surface area contributed by atoms with Crippen molar-refractivity contribution in [1.82, 2.24) is 4.90 Å². The Morgan fingerprint density at radius 3 is 2.67 bits per heavy atom. The Labute approximate surface area is 109 Å². The Balaban J connectivity index is 2.39. The first-order chi connectivity index (χ1) is 8.65. The van der Waals surface area contributed by atoms with E-state index in [1.54, 1.807) is 19.1 Å². The SMILES string of the molecule is COCCCN(C)C(=O)CC(N)c1ccccc1. The molecule has 18 heavy (non-hydrogen) atoms. The molecule has 0 aliphatic rings. The van der Waals surface area contributed by atoms with E-state index in [1.807, 2.05) is 30.3 Å². The molecule has 0 fully saturated rings. The number of methoxy groups -OCH3 is 1. The second kappa shape index (κ2) is 7.84. The van der Waals surface area contributed by atoms with Crippen LogP contribution in [-0.2, 0) is 9.53 Å². The highest BCUT2D eigenvalue weighted by Gasteiger charge is 2.14. The summed E-state index contributed by atoms with van der Waals surface area (Å²) >= 11 is 0. The Kier molecular flexibility index (Phi) is 6.39. The van der Waals surface area contributed by atoms with Gasteiger partial charge in [-0.2, -0.15) is 0 Å². The molecule has 100 valence electrons. The first-order valence-electron chi connectivity index (χ1n) is 6.18. The number of ether oxygens (including phenoxy) is 1. The summed E-state index contributed by atoms with van der Waals surface area (Å²) < 4.78 is 4.96. The molecule has 1 rings (SSSR count). The predicted molar refractivity (Wildman–Crippen MR) is 72.1 cm³/mol. The van der Waals surface area contributed by atoms with Crippen LogP contribution in [0.2, 0.25) is 0 Å². The third-order valence-electron chi connectivity index (χ3n) is 2.89. The standard InChI is InChI=1S/C14H22N2O2/c1-16(9-6-10-18-2)14(17)11-13(15)12-7-4-3-5-8-12/h3-5,7-8,13H,6,9-11,15H2,1-2H3. The van der Waals surface area contributed by atoms with Crippen molar-refractivity contribution in [3.05, 3.63) is 35.9 Å². The Bertz CT molecular complexity index is 354. The van der Waals surface area contributed by atoms with Gasteiger partial charge >= 0.3 is 0 Å². The minimum absolute atomic E-state index is 0.0717. The van der Waals surface area contributed by atoms with E-state index in [4.69, 9.17) is 10.5 Å². The van der Waals surface area contributed by atoms with Gasteiger partial charge in [-0.05, 0) is 12.0 Å². The van der Waals surface area contributed by atoms with Gasteiger partial charge in [0.1, 0.15) is 0 Å². The molecule has 0 bridgehead atoms. The Morgan fingerprint density at radius 1 is 1.39 bits per heavy atom. The summed E-state index contributed by atoms with van der Waals surface area (Å²) in [6.07, 6.45) is 1.19. The third-order valence-corrected chi connectivity index (χ3v) is 2.89. The predicted octanol–water partition coefficient (Wildman–Crippen LogP) is 1.57. The van der Waals surface area contributed by atoms with Crippen LogP contribution >= 0.6 is 0 Å². The maximum atomic E-state index is 11.9. The lowest BCUT2D eigenvalue weighted by molar-refractivity contribution is -0.130. The van der Waals surface area contributed by atoms with Gasteiger partial charge < -0.3 is 15.4 Å². The molecule has 0 aliphatic heterocycles. The van der Waals surface area contributed by atoms with Crippen LogP contribution in [0.15, 0.2) is 30.3 Å². The molecule has 0 saturated heterocycles. The average Bonchev–Trinajstić information content (AvgIpc) is 2.39. The van der Waals surface area contributed by atoms with Gasteiger partial charge in [-0.25, -0.2) is 0 Å². The van der Waals surface area contributed by atoms with Crippen LogP contribution in [0, 0.1) is 0 Å². The van der Waals surface area contributed by atoms with E-state index in [0.29, 0.717) is 19.6 Å². The van der Waals surface area contributed by atoms with E-state index in [1.165, 1.54) is 0 Å². The number of nitrogens with two attached hydrogens (primary N) is 1. The first-order valence-corrected chi connectivity index (χ1v) is 6.18. The molecule has 1 amide bonds. The molecular formula is C14H22N2O2. The molecule has 0 aromatic heterocycles. The zero-order valence-corrected chi connectivity index (χ0v) is 11.1. The molecular weight excluding hydrogens is 228 g/mol. The van der Waals surface area contributed by atoms with Crippen LogP contribution in [0.4, 0.5) is 0 Å². The van der Waals surface area contributed by atoms with Gasteiger partial charge in [0.2, 0.25) is 5.91 Å². The van der Waals surface area contributed by atoms with E-state index in [-0.39, 0.29) is 11.9 Å². The summed E-state index contributed by atoms with van der Waals surface area (Å²) in [5, 5.41) is 0. The zero-order chi connectivity index (χ0) is 13.4. The minimum atomic E-state index is -0.233. The van der Waals surface area contributed by atoms with Crippen LogP contribution < -0.4 is 5.73 Å². The lowest BCUT2D eigenvalue weighted by Gasteiger charge is -2.19. The van der Waals surface area contributed by atoms with Gasteiger partial charge in [0.05, 0.1) is 0 Å². The maximum absolute atomic E-state index is 11.9. The number of nitrogens with zero attached hydrogens (tertiary/aromatic N) is 1. The van der Waals surface area contributed by atoms with Crippen LogP contribution in [-0.4, -0.2) is 38.1 Å². The number of carbonyl (C=O) groups excluding carboxylic acids is 1. The van der Waals surface area contributed by atoms with E-state index in [2.05, 4.69) is 0 Å². The van der Waals surface area contributed by atoms with E-state index >= 15 is 0 Å². The van der Waals surface area contributed by atoms with Crippen LogP contribution in [0.25, 0.3) is 0 Å². The van der Waals surface area contributed by atoms with Gasteiger partial charge in [0.15, 0.2) is 0 Å². The molecule has 1 unspecified atom stereocenters. The third kappa shape index (κ3) is 4.85. The molecule has 4 heteroatoms. The number of hydrogen-bond acceptors (Lipinski definition) is 3. The molecule has 0 spiro atoms. The van der Waals surface area contributed by atoms with Crippen molar-refractivity contribution >= 4 is 5.91 Å². The topological polar surface area (TPSA) is 55.6 Å². The van der Waals surface area contributed by atoms with Gasteiger partial charge in [0.25, 0.3) is 0 Å². The average molecular weight is 250 g/mol. The smallest absolute Gasteiger partial charge is 0.224 e. The van der Waals surface area contributed by atoms with Crippen molar-refractivity contribution in [2.45, 2.75) is 18.9 Å². The van der Waals surface area contributed by atoms with Crippen LogP contribution in [0.3, 0.4) is 0 Å². The van der Waals surface area contributed by atoms with Crippen molar-refractivity contribution in [2.24, 2.45) is 5.73 Å². The second-order valence-electron chi connectivity index (χ2n) is 4.38. The molecule has 0 heterocycles. The number of hydrogen-bond donors (Lipinski definition) is 1. The summed E-state index contributed by atoms with van der Waals surface area (Å²) in [6.45, 7) is 1.37. The molecule has 4 nitrogen and oxygen atoms in total. The second-order valence-corrected chi connectivity index (χ2v) is 4.38. The highest BCUT2D eigenvalue weighted by molar-refractivity contribution is 5.76. The minimum Gasteiger partial charge on any atom is -0.385 e. The molecule has 1 aromatic rings. The number of amides is 1. The maximum Gasteiger partial charge on any atom is 0.224 e. The van der Waals surface area contributed by atoms with Gasteiger partial charge in [-0.3, -0.25) is 4.79 Å². The van der Waals surface area contributed by atoms with Crippen molar-refractivity contribution < 1.29 is 9.53 Å². The lowest BCUT2D eigenvalue weighted by atomic mass is 10.0. The van der Waals surface area contributed by atoms with Gasteiger partial charge in [-0.1, -0.05) is 30.3 Å². The number of carbonyl (C=O) groups is 1. The summed E-state index contributed by atoms with van der Waals surface area (Å²) in [5.74, 6) is 0.0717. The monoisotopic (exact) mass is 250 g/mol. The molecule has 1 aromatic carbocycles. The normalized spacial score (nSPS) is 12.2. The highest BCUT2D eigenvalue weighted by Crippen LogP contribution is 2.14. The summed E-state index contributed by atoms with van der Waals surface area (Å²) in [7, 11) is 3.46. The van der Waals surface area contributed by atoms with Crippen molar-refractivity contribution in [1.29, 1.82) is 0 Å². The first kappa shape index (κ1) is 14.7. The largest absolute Gasteiger partial charge is 0.385 e. The number of benzene rings is 1.